The minimum Gasteiger partial charge on any atom is -0.384 e. The molecule has 1 heterocycles. The molecule has 2 rings (SSSR count). The molecule has 4 nitrogen and oxygen atoms in total. The first-order chi connectivity index (χ1) is 9.61. The van der Waals surface area contributed by atoms with Gasteiger partial charge in [-0.3, -0.25) is 4.79 Å². The number of nitrogens with one attached hydrogen (secondary N) is 2. The zero-order valence-corrected chi connectivity index (χ0v) is 12.2. The van der Waals surface area contributed by atoms with Crippen molar-refractivity contribution in [3.05, 3.63) is 36.0 Å². The van der Waals surface area contributed by atoms with Crippen molar-refractivity contribution in [2.24, 2.45) is 0 Å². The van der Waals surface area contributed by atoms with Gasteiger partial charge in [0.05, 0.1) is 5.52 Å². The molecule has 1 aromatic carbocycles. The Balaban J connectivity index is 2.43. The van der Waals surface area contributed by atoms with Crippen molar-refractivity contribution >= 4 is 22.5 Å². The minimum absolute atomic E-state index is 0.0998. The largest absolute Gasteiger partial charge is 0.384 e. The predicted octanol–water partition coefficient (Wildman–Crippen LogP) is 3.19. The highest BCUT2D eigenvalue weighted by Crippen LogP contribution is 2.23. The van der Waals surface area contributed by atoms with Gasteiger partial charge in [-0.1, -0.05) is 25.1 Å². The van der Waals surface area contributed by atoms with Crippen LogP contribution in [0.5, 0.6) is 0 Å². The zero-order chi connectivity index (χ0) is 14.5. The first-order valence-electron chi connectivity index (χ1n) is 7.06. The number of benzene rings is 1. The number of nitrogens with zero attached hydrogens (tertiary/aromatic N) is 1. The van der Waals surface area contributed by atoms with Gasteiger partial charge in [-0.25, -0.2) is 4.98 Å². The van der Waals surface area contributed by atoms with Gasteiger partial charge in [0, 0.05) is 23.7 Å². The van der Waals surface area contributed by atoms with E-state index in [0.29, 0.717) is 5.69 Å². The summed E-state index contributed by atoms with van der Waals surface area (Å²) in [4.78, 5) is 16.6. The molecule has 106 valence electrons. The fourth-order valence-corrected chi connectivity index (χ4v) is 2.03. The molecular weight excluding hydrogens is 250 g/mol. The normalized spacial score (nSPS) is 10.8. The molecule has 2 N–H and O–H groups in total. The van der Waals surface area contributed by atoms with Crippen LogP contribution < -0.4 is 10.6 Å². The molecule has 0 spiro atoms. The Labute approximate surface area is 119 Å². The third-order valence-electron chi connectivity index (χ3n) is 2.93. The summed E-state index contributed by atoms with van der Waals surface area (Å²) in [6, 6.07) is 9.79. The molecular formula is C16H21N3O. The summed E-state index contributed by atoms with van der Waals surface area (Å²) in [6.45, 7) is 6.87. The fourth-order valence-electron chi connectivity index (χ4n) is 2.03. The average molecular weight is 271 g/mol. The number of carbonyl (C=O) groups excluding carboxylic acids is 1. The van der Waals surface area contributed by atoms with Crippen molar-refractivity contribution < 1.29 is 4.79 Å². The number of pyridine rings is 1. The van der Waals surface area contributed by atoms with E-state index >= 15 is 0 Å². The van der Waals surface area contributed by atoms with E-state index in [0.717, 1.165) is 29.6 Å². The molecule has 0 aliphatic carbocycles. The second kappa shape index (κ2) is 6.37. The Morgan fingerprint density at radius 3 is 2.75 bits per heavy atom. The van der Waals surface area contributed by atoms with Crippen LogP contribution in [0, 0.1) is 0 Å². The molecule has 0 saturated heterocycles. The van der Waals surface area contributed by atoms with Gasteiger partial charge in [0.1, 0.15) is 5.69 Å². The Bertz CT molecular complexity index is 608. The van der Waals surface area contributed by atoms with E-state index < -0.39 is 0 Å². The summed E-state index contributed by atoms with van der Waals surface area (Å²) >= 11 is 0. The van der Waals surface area contributed by atoms with Crippen molar-refractivity contribution in [1.82, 2.24) is 10.3 Å². The number of carbonyl (C=O) groups is 1. The third-order valence-corrected chi connectivity index (χ3v) is 2.93. The number of anilines is 1. The molecule has 2 aromatic rings. The molecule has 0 saturated carbocycles. The summed E-state index contributed by atoms with van der Waals surface area (Å²) < 4.78 is 0. The smallest absolute Gasteiger partial charge is 0.270 e. The van der Waals surface area contributed by atoms with E-state index in [4.69, 9.17) is 0 Å². The number of hydrogen-bond donors (Lipinski definition) is 2. The van der Waals surface area contributed by atoms with Gasteiger partial charge in [-0.15, -0.1) is 0 Å². The van der Waals surface area contributed by atoms with Crippen LogP contribution in [0.1, 0.15) is 37.7 Å². The van der Waals surface area contributed by atoms with Gasteiger partial charge < -0.3 is 10.6 Å². The van der Waals surface area contributed by atoms with Gasteiger partial charge in [-0.2, -0.15) is 0 Å². The summed E-state index contributed by atoms with van der Waals surface area (Å²) in [5.41, 5.74) is 2.25. The highest BCUT2D eigenvalue weighted by Gasteiger charge is 2.12. The third kappa shape index (κ3) is 3.26. The van der Waals surface area contributed by atoms with E-state index in [-0.39, 0.29) is 11.9 Å². The predicted molar refractivity (Wildman–Crippen MR) is 83.1 cm³/mol. The highest BCUT2D eigenvalue weighted by molar-refractivity contribution is 5.99. The Hall–Kier alpha value is -2.10. The number of fused-ring (bicyclic) bond motifs is 1. The van der Waals surface area contributed by atoms with Crippen LogP contribution in [0.15, 0.2) is 30.3 Å². The van der Waals surface area contributed by atoms with Crippen LogP contribution in [0.25, 0.3) is 10.9 Å². The van der Waals surface area contributed by atoms with Crippen molar-refractivity contribution in [3.63, 3.8) is 0 Å². The summed E-state index contributed by atoms with van der Waals surface area (Å²) in [6.07, 6.45) is 1.03. The first-order valence-corrected chi connectivity index (χ1v) is 7.06. The second-order valence-corrected chi connectivity index (χ2v) is 5.13. The monoisotopic (exact) mass is 271 g/mol. The SMILES string of the molecule is CCCNc1cc(C(=O)NC(C)C)nc2ccccc12. The maximum Gasteiger partial charge on any atom is 0.270 e. The second-order valence-electron chi connectivity index (χ2n) is 5.13. The van der Waals surface area contributed by atoms with E-state index in [1.165, 1.54) is 0 Å². The minimum atomic E-state index is -0.134. The number of hydrogen-bond acceptors (Lipinski definition) is 3. The molecule has 4 heteroatoms. The van der Waals surface area contributed by atoms with E-state index in [9.17, 15) is 4.79 Å². The van der Waals surface area contributed by atoms with Crippen molar-refractivity contribution in [2.75, 3.05) is 11.9 Å². The van der Waals surface area contributed by atoms with Gasteiger partial charge in [0.25, 0.3) is 5.91 Å². The van der Waals surface area contributed by atoms with Crippen LogP contribution in [0.2, 0.25) is 0 Å². The van der Waals surface area contributed by atoms with Gasteiger partial charge in [-0.05, 0) is 32.4 Å². The highest BCUT2D eigenvalue weighted by atomic mass is 16.1. The topological polar surface area (TPSA) is 54.0 Å². The molecule has 0 aliphatic rings. The Morgan fingerprint density at radius 1 is 1.30 bits per heavy atom. The summed E-state index contributed by atoms with van der Waals surface area (Å²) in [7, 11) is 0. The van der Waals surface area contributed by atoms with Crippen LogP contribution in [0.4, 0.5) is 5.69 Å². The molecule has 0 unspecified atom stereocenters. The quantitative estimate of drug-likeness (QED) is 0.878. The van der Waals surface area contributed by atoms with Gasteiger partial charge in [0.15, 0.2) is 0 Å². The number of para-hydroxylation sites is 1. The molecule has 0 aliphatic heterocycles. The maximum atomic E-state index is 12.1. The lowest BCUT2D eigenvalue weighted by atomic mass is 10.1. The number of amides is 1. The van der Waals surface area contributed by atoms with Gasteiger partial charge in [0.2, 0.25) is 0 Å². The van der Waals surface area contributed by atoms with Crippen LogP contribution in [-0.2, 0) is 0 Å². The lowest BCUT2D eigenvalue weighted by Crippen LogP contribution is -2.30. The average Bonchev–Trinajstić information content (AvgIpc) is 2.43. The fraction of sp³-hybridized carbons (Fsp3) is 0.375. The summed E-state index contributed by atoms with van der Waals surface area (Å²) in [5, 5.41) is 7.29. The molecule has 20 heavy (non-hydrogen) atoms. The first kappa shape index (κ1) is 14.3. The molecule has 1 aromatic heterocycles. The van der Waals surface area contributed by atoms with Crippen molar-refractivity contribution in [3.8, 4) is 0 Å². The lowest BCUT2D eigenvalue weighted by Gasteiger charge is -2.12. The molecule has 0 bridgehead atoms. The van der Waals surface area contributed by atoms with E-state index in [1.807, 2.05) is 44.2 Å². The zero-order valence-electron chi connectivity index (χ0n) is 12.2. The van der Waals surface area contributed by atoms with Crippen LogP contribution in [-0.4, -0.2) is 23.5 Å². The molecule has 1 amide bonds. The van der Waals surface area contributed by atoms with Crippen molar-refractivity contribution in [2.45, 2.75) is 33.2 Å². The molecule has 0 atom stereocenters. The van der Waals surface area contributed by atoms with E-state index in [1.54, 1.807) is 0 Å². The van der Waals surface area contributed by atoms with Crippen LogP contribution >= 0.6 is 0 Å². The standard InChI is InChI=1S/C16H21N3O/c1-4-9-17-14-10-15(16(20)18-11(2)3)19-13-8-6-5-7-12(13)14/h5-8,10-11H,4,9H2,1-3H3,(H,17,19)(H,18,20). The number of rotatable bonds is 5. The molecule has 0 fully saturated rings. The van der Waals surface area contributed by atoms with E-state index in [2.05, 4.69) is 22.5 Å². The van der Waals surface area contributed by atoms with Crippen molar-refractivity contribution in [1.29, 1.82) is 0 Å². The number of aromatic nitrogens is 1. The van der Waals surface area contributed by atoms with Crippen LogP contribution in [0.3, 0.4) is 0 Å². The lowest BCUT2D eigenvalue weighted by molar-refractivity contribution is 0.0938. The Morgan fingerprint density at radius 2 is 2.05 bits per heavy atom. The Kier molecular flexibility index (Phi) is 4.56. The maximum absolute atomic E-state index is 12.1. The summed E-state index contributed by atoms with van der Waals surface area (Å²) in [5.74, 6) is -0.134. The van der Waals surface area contributed by atoms with Gasteiger partial charge >= 0.3 is 0 Å². The molecule has 0 radical (unpaired) electrons.